The van der Waals surface area contributed by atoms with E-state index in [4.69, 9.17) is 5.73 Å². The summed E-state index contributed by atoms with van der Waals surface area (Å²) in [6.07, 6.45) is 0.944. The van der Waals surface area contributed by atoms with Crippen molar-refractivity contribution in [1.82, 2.24) is 10.2 Å². The molecule has 0 aromatic carbocycles. The maximum absolute atomic E-state index is 12.2. The molecule has 0 bridgehead atoms. The normalized spacial score (nSPS) is 14.9. The fraction of sp³-hybridized carbons (Fsp3) is 0.923. The van der Waals surface area contributed by atoms with Crippen LogP contribution in [0.25, 0.3) is 0 Å². The van der Waals surface area contributed by atoms with E-state index in [0.29, 0.717) is 0 Å². The van der Waals surface area contributed by atoms with Crippen LogP contribution in [0.3, 0.4) is 0 Å². The number of nitrogens with two attached hydrogens (primary N) is 1. The molecule has 102 valence electrons. The van der Waals surface area contributed by atoms with Gasteiger partial charge in [0.2, 0.25) is 5.91 Å². The van der Waals surface area contributed by atoms with E-state index in [0.717, 1.165) is 13.0 Å². The molecule has 0 rings (SSSR count). The fourth-order valence-corrected chi connectivity index (χ4v) is 1.22. The Morgan fingerprint density at radius 1 is 1.29 bits per heavy atom. The quantitative estimate of drug-likeness (QED) is 0.737. The molecule has 17 heavy (non-hydrogen) atoms. The van der Waals surface area contributed by atoms with Gasteiger partial charge in [0.15, 0.2) is 0 Å². The second kappa shape index (κ2) is 5.83. The summed E-state index contributed by atoms with van der Waals surface area (Å²) in [4.78, 5) is 14.3. The van der Waals surface area contributed by atoms with Crippen LogP contribution in [-0.2, 0) is 4.79 Å². The molecule has 0 aliphatic carbocycles. The molecule has 0 aromatic heterocycles. The molecule has 3 N–H and O–H groups in total. The third kappa shape index (κ3) is 5.04. The van der Waals surface area contributed by atoms with Crippen LogP contribution in [0.2, 0.25) is 0 Å². The van der Waals surface area contributed by atoms with Crippen molar-refractivity contribution in [2.75, 3.05) is 20.6 Å². The molecule has 0 spiro atoms. The van der Waals surface area contributed by atoms with Crippen LogP contribution in [0.15, 0.2) is 0 Å². The fourth-order valence-electron chi connectivity index (χ4n) is 1.22. The van der Waals surface area contributed by atoms with Crippen LogP contribution in [-0.4, -0.2) is 43.0 Å². The first-order valence-corrected chi connectivity index (χ1v) is 6.23. The number of hydrogen-bond donors (Lipinski definition) is 2. The zero-order valence-electron chi connectivity index (χ0n) is 12.4. The maximum Gasteiger partial charge on any atom is 0.227 e. The molecular weight excluding hydrogens is 214 g/mol. The van der Waals surface area contributed by atoms with E-state index in [-0.39, 0.29) is 11.9 Å². The van der Waals surface area contributed by atoms with Gasteiger partial charge in [0.25, 0.3) is 0 Å². The molecule has 0 heterocycles. The molecule has 0 aliphatic rings. The standard InChI is InChI=1S/C13H29N3O/c1-10(8-9-16(6)7)15-11(17)12(2,3)13(4,5)14/h10H,8-9,14H2,1-7H3,(H,15,17). The van der Waals surface area contributed by atoms with E-state index in [1.165, 1.54) is 0 Å². The Kier molecular flexibility index (Phi) is 5.62. The zero-order chi connectivity index (χ0) is 13.9. The van der Waals surface area contributed by atoms with Gasteiger partial charge in [0.1, 0.15) is 0 Å². The first-order valence-electron chi connectivity index (χ1n) is 6.23. The van der Waals surface area contributed by atoms with Gasteiger partial charge in [-0.25, -0.2) is 0 Å². The summed E-state index contributed by atoms with van der Waals surface area (Å²) >= 11 is 0. The molecule has 4 heteroatoms. The second-order valence-electron chi connectivity index (χ2n) is 6.31. The largest absolute Gasteiger partial charge is 0.353 e. The van der Waals surface area contributed by atoms with Gasteiger partial charge in [-0.1, -0.05) is 0 Å². The summed E-state index contributed by atoms with van der Waals surface area (Å²) in [7, 11) is 4.06. The van der Waals surface area contributed by atoms with Gasteiger partial charge in [0, 0.05) is 11.6 Å². The third-order valence-corrected chi connectivity index (χ3v) is 3.57. The number of nitrogens with one attached hydrogen (secondary N) is 1. The molecule has 0 saturated heterocycles. The molecule has 1 unspecified atom stereocenters. The topological polar surface area (TPSA) is 58.4 Å². The van der Waals surface area contributed by atoms with E-state index < -0.39 is 11.0 Å². The summed E-state index contributed by atoms with van der Waals surface area (Å²) in [5, 5.41) is 3.04. The van der Waals surface area contributed by atoms with Crippen LogP contribution in [0.1, 0.15) is 41.0 Å². The van der Waals surface area contributed by atoms with Crippen molar-refractivity contribution >= 4 is 5.91 Å². The number of carbonyl (C=O) groups excluding carboxylic acids is 1. The Bertz CT molecular complexity index is 254. The van der Waals surface area contributed by atoms with Crippen LogP contribution in [0.4, 0.5) is 0 Å². The Morgan fingerprint density at radius 3 is 2.12 bits per heavy atom. The Hall–Kier alpha value is -0.610. The number of carbonyl (C=O) groups is 1. The number of amides is 1. The van der Waals surface area contributed by atoms with Crippen molar-refractivity contribution in [3.8, 4) is 0 Å². The molecular formula is C13H29N3O. The smallest absolute Gasteiger partial charge is 0.227 e. The summed E-state index contributed by atoms with van der Waals surface area (Å²) < 4.78 is 0. The van der Waals surface area contributed by atoms with Crippen molar-refractivity contribution < 1.29 is 4.79 Å². The molecule has 0 saturated carbocycles. The van der Waals surface area contributed by atoms with Crippen molar-refractivity contribution in [2.24, 2.45) is 11.1 Å². The summed E-state index contributed by atoms with van der Waals surface area (Å²) in [6, 6.07) is 0.173. The SMILES string of the molecule is CC(CCN(C)C)NC(=O)C(C)(C)C(C)(C)N. The summed E-state index contributed by atoms with van der Waals surface area (Å²) in [5.74, 6) is 0.0243. The first-order chi connectivity index (χ1) is 7.48. The Morgan fingerprint density at radius 2 is 1.76 bits per heavy atom. The monoisotopic (exact) mass is 243 g/mol. The predicted molar refractivity (Wildman–Crippen MR) is 72.8 cm³/mol. The highest BCUT2D eigenvalue weighted by atomic mass is 16.2. The average Bonchev–Trinajstić information content (AvgIpc) is 2.12. The summed E-state index contributed by atoms with van der Waals surface area (Å²) in [5.41, 5.74) is 4.94. The van der Waals surface area contributed by atoms with Gasteiger partial charge >= 0.3 is 0 Å². The van der Waals surface area contributed by atoms with E-state index in [9.17, 15) is 4.79 Å². The van der Waals surface area contributed by atoms with Gasteiger partial charge in [-0.2, -0.15) is 0 Å². The summed E-state index contributed by atoms with van der Waals surface area (Å²) in [6.45, 7) is 10.5. The number of rotatable bonds is 6. The average molecular weight is 243 g/mol. The van der Waals surface area contributed by atoms with Crippen LogP contribution >= 0.6 is 0 Å². The molecule has 0 aliphatic heterocycles. The van der Waals surface area contributed by atoms with E-state index >= 15 is 0 Å². The molecule has 4 nitrogen and oxygen atoms in total. The molecule has 0 fully saturated rings. The van der Waals surface area contributed by atoms with Gasteiger partial charge in [-0.05, 0) is 61.7 Å². The molecule has 0 radical (unpaired) electrons. The Balaban J connectivity index is 4.35. The number of nitrogens with zero attached hydrogens (tertiary/aromatic N) is 1. The van der Waals surface area contributed by atoms with E-state index in [2.05, 4.69) is 10.2 Å². The third-order valence-electron chi connectivity index (χ3n) is 3.57. The molecule has 0 aromatic rings. The minimum atomic E-state index is -0.570. The van der Waals surface area contributed by atoms with Crippen LogP contribution in [0, 0.1) is 5.41 Å². The minimum Gasteiger partial charge on any atom is -0.353 e. The van der Waals surface area contributed by atoms with Crippen molar-refractivity contribution in [3.63, 3.8) is 0 Å². The van der Waals surface area contributed by atoms with E-state index in [1.807, 2.05) is 48.7 Å². The Labute approximate surface area is 106 Å². The van der Waals surface area contributed by atoms with Crippen LogP contribution in [0.5, 0.6) is 0 Å². The molecule has 1 amide bonds. The maximum atomic E-state index is 12.2. The predicted octanol–water partition coefficient (Wildman–Crippen LogP) is 1.21. The van der Waals surface area contributed by atoms with Crippen LogP contribution < -0.4 is 11.1 Å². The number of hydrogen-bond acceptors (Lipinski definition) is 3. The van der Waals surface area contributed by atoms with Gasteiger partial charge in [0.05, 0.1) is 5.41 Å². The van der Waals surface area contributed by atoms with Gasteiger partial charge in [-0.15, -0.1) is 0 Å². The molecule has 1 atom stereocenters. The zero-order valence-corrected chi connectivity index (χ0v) is 12.4. The lowest BCUT2D eigenvalue weighted by Gasteiger charge is -2.37. The second-order valence-corrected chi connectivity index (χ2v) is 6.31. The first kappa shape index (κ1) is 16.4. The van der Waals surface area contributed by atoms with Gasteiger partial charge in [-0.3, -0.25) is 4.79 Å². The lowest BCUT2D eigenvalue weighted by Crippen LogP contribution is -2.56. The van der Waals surface area contributed by atoms with Crippen molar-refractivity contribution in [2.45, 2.75) is 52.6 Å². The van der Waals surface area contributed by atoms with E-state index in [1.54, 1.807) is 0 Å². The van der Waals surface area contributed by atoms with Crippen molar-refractivity contribution in [3.05, 3.63) is 0 Å². The van der Waals surface area contributed by atoms with Crippen molar-refractivity contribution in [1.29, 1.82) is 0 Å². The highest BCUT2D eigenvalue weighted by Crippen LogP contribution is 2.28. The van der Waals surface area contributed by atoms with Gasteiger partial charge < -0.3 is 16.0 Å². The minimum absolute atomic E-state index is 0.0243. The lowest BCUT2D eigenvalue weighted by atomic mass is 9.74. The highest BCUT2D eigenvalue weighted by Gasteiger charge is 2.40. The highest BCUT2D eigenvalue weighted by molar-refractivity contribution is 5.83. The lowest BCUT2D eigenvalue weighted by molar-refractivity contribution is -0.132.